The fraction of sp³-hybridized carbons (Fsp3) is 0.167. The number of aliphatic hydroxyl groups excluding tert-OH is 1. The van der Waals surface area contributed by atoms with E-state index >= 15 is 0 Å². The van der Waals surface area contributed by atoms with Gasteiger partial charge in [-0.15, -0.1) is 0 Å². The largest absolute Gasteiger partial charge is 0.542 e. The van der Waals surface area contributed by atoms with Crippen molar-refractivity contribution >= 4 is 17.4 Å². The molecular weight excluding hydrogens is 366 g/mol. The Hall–Kier alpha value is -3.44. The third kappa shape index (κ3) is 5.77. The number of carboxylic acids is 1. The van der Waals surface area contributed by atoms with E-state index in [0.717, 1.165) is 16.8 Å². The average Bonchev–Trinajstić information content (AvgIpc) is 2.74. The molecule has 0 aromatic heterocycles. The van der Waals surface area contributed by atoms with Crippen LogP contribution in [0.25, 0.3) is 0 Å². The molecule has 1 unspecified atom stereocenters. The minimum Gasteiger partial charge on any atom is -0.542 e. The first-order chi connectivity index (χ1) is 14.0. The van der Waals surface area contributed by atoms with Gasteiger partial charge in [0.15, 0.2) is 5.78 Å². The summed E-state index contributed by atoms with van der Waals surface area (Å²) in [6.45, 7) is 1.32. The number of carbonyl (C=O) groups excluding carboxylic acids is 2. The van der Waals surface area contributed by atoms with Gasteiger partial charge in [0.05, 0.1) is 6.10 Å². The average molecular weight is 388 g/mol. The van der Waals surface area contributed by atoms with Crippen LogP contribution in [0.3, 0.4) is 0 Å². The number of carbonyl (C=O) groups is 2. The summed E-state index contributed by atoms with van der Waals surface area (Å²) in [7, 11) is 0. The van der Waals surface area contributed by atoms with E-state index in [1.54, 1.807) is 18.2 Å². The smallest absolute Gasteiger partial charge is 0.181 e. The minimum atomic E-state index is -1.78. The van der Waals surface area contributed by atoms with Crippen LogP contribution in [-0.4, -0.2) is 16.9 Å². The Balaban J connectivity index is 1.86. The molecule has 0 radical (unpaired) electrons. The number of hydrogen-bond acceptors (Lipinski definition) is 5. The van der Waals surface area contributed by atoms with E-state index in [0.29, 0.717) is 18.7 Å². The zero-order chi connectivity index (χ0) is 20.6. The molecule has 0 heterocycles. The first-order valence-electron chi connectivity index (χ1n) is 9.38. The lowest BCUT2D eigenvalue weighted by molar-refractivity contribution is -0.300. The number of aliphatic carboxylic acids is 1. The Kier molecular flexibility index (Phi) is 6.76. The van der Waals surface area contributed by atoms with E-state index in [-0.39, 0.29) is 0 Å². The summed E-state index contributed by atoms with van der Waals surface area (Å²) in [5.41, 5.74) is 3.64. The Bertz CT molecular complexity index is 915. The second kappa shape index (κ2) is 9.66. The lowest BCUT2D eigenvalue weighted by atomic mass is 10.0. The summed E-state index contributed by atoms with van der Waals surface area (Å²) in [5, 5.41) is 21.0. The molecule has 3 aromatic carbocycles. The van der Waals surface area contributed by atoms with Gasteiger partial charge in [-0.05, 0) is 28.8 Å². The normalized spacial score (nSPS) is 11.6. The standard InChI is InChI=1S/C24H23NO4/c26-22(15-23(27)24(28)29)20-12-7-13-21(14-20)25(16-18-8-3-1-4-9-18)17-19-10-5-2-6-11-19/h1-14,22,26H,15-17H2,(H,28,29)/p-1. The van der Waals surface area contributed by atoms with Crippen LogP contribution in [0.15, 0.2) is 84.9 Å². The van der Waals surface area contributed by atoms with Crippen LogP contribution >= 0.6 is 0 Å². The number of benzene rings is 3. The van der Waals surface area contributed by atoms with Crippen LogP contribution in [0, 0.1) is 0 Å². The van der Waals surface area contributed by atoms with Crippen LogP contribution in [0.1, 0.15) is 29.2 Å². The summed E-state index contributed by atoms with van der Waals surface area (Å²) in [4.78, 5) is 24.2. The number of rotatable bonds is 9. The van der Waals surface area contributed by atoms with Gasteiger partial charge in [-0.2, -0.15) is 0 Å². The highest BCUT2D eigenvalue weighted by Gasteiger charge is 2.16. The highest BCUT2D eigenvalue weighted by atomic mass is 16.4. The van der Waals surface area contributed by atoms with Gasteiger partial charge in [-0.3, -0.25) is 4.79 Å². The predicted octanol–water partition coefficient (Wildman–Crippen LogP) is 2.64. The van der Waals surface area contributed by atoms with Gasteiger partial charge in [-0.1, -0.05) is 72.8 Å². The quantitative estimate of drug-likeness (QED) is 0.570. The van der Waals surface area contributed by atoms with Crippen LogP contribution in [0.2, 0.25) is 0 Å². The number of ketones is 1. The molecule has 0 fully saturated rings. The van der Waals surface area contributed by atoms with E-state index in [1.165, 1.54) is 0 Å². The van der Waals surface area contributed by atoms with Crippen molar-refractivity contribution in [3.63, 3.8) is 0 Å². The molecule has 0 aliphatic carbocycles. The molecule has 148 valence electrons. The predicted molar refractivity (Wildman–Crippen MR) is 109 cm³/mol. The van der Waals surface area contributed by atoms with E-state index < -0.39 is 24.3 Å². The van der Waals surface area contributed by atoms with Crippen molar-refractivity contribution in [1.29, 1.82) is 0 Å². The third-order valence-electron chi connectivity index (χ3n) is 4.66. The van der Waals surface area contributed by atoms with Gasteiger partial charge in [0, 0.05) is 25.2 Å². The zero-order valence-corrected chi connectivity index (χ0v) is 15.9. The first kappa shape index (κ1) is 20.3. The fourth-order valence-electron chi connectivity index (χ4n) is 3.15. The fourth-order valence-corrected chi connectivity index (χ4v) is 3.15. The molecule has 0 bridgehead atoms. The molecule has 0 spiro atoms. The molecule has 29 heavy (non-hydrogen) atoms. The minimum absolute atomic E-state index is 0.489. The van der Waals surface area contributed by atoms with Gasteiger partial charge in [-0.25, -0.2) is 0 Å². The molecule has 1 atom stereocenters. The molecule has 0 saturated heterocycles. The van der Waals surface area contributed by atoms with Gasteiger partial charge in [0.2, 0.25) is 0 Å². The Labute approximate surface area is 169 Å². The number of anilines is 1. The summed E-state index contributed by atoms with van der Waals surface area (Å²) in [6, 6.07) is 27.3. The van der Waals surface area contributed by atoms with Crippen molar-refractivity contribution in [1.82, 2.24) is 0 Å². The summed E-state index contributed by atoms with van der Waals surface area (Å²) in [6.07, 6.45) is -1.71. The van der Waals surface area contributed by atoms with Gasteiger partial charge >= 0.3 is 0 Å². The molecule has 3 aromatic rings. The van der Waals surface area contributed by atoms with Crippen molar-refractivity contribution in [2.24, 2.45) is 0 Å². The number of carboxylic acid groups (broad SMARTS) is 1. The molecule has 5 nitrogen and oxygen atoms in total. The maximum absolute atomic E-state index is 11.4. The number of Topliss-reactive ketones (excluding diaryl/α,β-unsaturated/α-hetero) is 1. The molecule has 0 aliphatic rings. The lowest BCUT2D eigenvalue weighted by Gasteiger charge is -2.26. The number of nitrogens with zero attached hydrogens (tertiary/aromatic N) is 1. The molecule has 0 saturated carbocycles. The van der Waals surface area contributed by atoms with Crippen molar-refractivity contribution in [2.45, 2.75) is 25.6 Å². The van der Waals surface area contributed by atoms with E-state index in [9.17, 15) is 19.8 Å². The lowest BCUT2D eigenvalue weighted by Crippen LogP contribution is -2.32. The maximum atomic E-state index is 11.4. The molecule has 1 N–H and O–H groups in total. The van der Waals surface area contributed by atoms with Crippen molar-refractivity contribution < 1.29 is 19.8 Å². The zero-order valence-electron chi connectivity index (χ0n) is 15.9. The maximum Gasteiger partial charge on any atom is 0.181 e. The molecule has 5 heteroatoms. The second-order valence-corrected chi connectivity index (χ2v) is 6.85. The monoisotopic (exact) mass is 388 g/mol. The van der Waals surface area contributed by atoms with Gasteiger partial charge in [0.1, 0.15) is 5.97 Å². The Morgan fingerprint density at radius 2 is 1.38 bits per heavy atom. The molecular formula is C24H22NO4-. The van der Waals surface area contributed by atoms with Crippen LogP contribution in [0.5, 0.6) is 0 Å². The third-order valence-corrected chi connectivity index (χ3v) is 4.66. The van der Waals surface area contributed by atoms with Crippen molar-refractivity contribution in [2.75, 3.05) is 4.90 Å². The van der Waals surface area contributed by atoms with Crippen molar-refractivity contribution in [3.05, 3.63) is 102 Å². The van der Waals surface area contributed by atoms with Gasteiger partial charge < -0.3 is 19.9 Å². The summed E-state index contributed by atoms with van der Waals surface area (Å²) >= 11 is 0. The Morgan fingerprint density at radius 3 is 1.90 bits per heavy atom. The van der Waals surface area contributed by atoms with E-state index in [1.807, 2.05) is 42.5 Å². The highest BCUT2D eigenvalue weighted by Crippen LogP contribution is 2.25. The molecule has 0 aliphatic heterocycles. The first-order valence-corrected chi connectivity index (χ1v) is 9.38. The molecule has 3 rings (SSSR count). The van der Waals surface area contributed by atoms with Crippen LogP contribution in [-0.2, 0) is 22.7 Å². The topological polar surface area (TPSA) is 80.7 Å². The number of hydrogen-bond donors (Lipinski definition) is 1. The van der Waals surface area contributed by atoms with E-state index in [2.05, 4.69) is 29.2 Å². The number of aliphatic hydroxyl groups is 1. The van der Waals surface area contributed by atoms with Gasteiger partial charge in [0.25, 0.3) is 0 Å². The van der Waals surface area contributed by atoms with E-state index in [4.69, 9.17) is 0 Å². The summed E-state index contributed by atoms with van der Waals surface area (Å²) in [5.74, 6) is -2.90. The highest BCUT2D eigenvalue weighted by molar-refractivity contribution is 6.31. The second-order valence-electron chi connectivity index (χ2n) is 6.85. The molecule has 0 amide bonds. The van der Waals surface area contributed by atoms with Crippen LogP contribution < -0.4 is 10.0 Å². The Morgan fingerprint density at radius 1 is 0.828 bits per heavy atom. The SMILES string of the molecule is O=C([O-])C(=O)CC(O)c1cccc(N(Cc2ccccc2)Cc2ccccc2)c1. The summed E-state index contributed by atoms with van der Waals surface area (Å²) < 4.78 is 0. The van der Waals surface area contributed by atoms with Crippen LogP contribution in [0.4, 0.5) is 5.69 Å². The van der Waals surface area contributed by atoms with Crippen molar-refractivity contribution in [3.8, 4) is 0 Å².